The van der Waals surface area contributed by atoms with Gasteiger partial charge in [-0.05, 0) is 36.5 Å². The number of allylic oxidation sites excluding steroid dienone is 1. The average molecular weight is 297 g/mol. The molecule has 112 valence electrons. The lowest BCUT2D eigenvalue weighted by molar-refractivity contribution is -0.370. The Bertz CT molecular complexity index is 595. The van der Waals surface area contributed by atoms with Crippen molar-refractivity contribution in [3.63, 3.8) is 0 Å². The molecule has 1 heterocycles. The van der Waals surface area contributed by atoms with E-state index in [2.05, 4.69) is 9.99 Å². The van der Waals surface area contributed by atoms with Crippen LogP contribution >= 0.6 is 0 Å². The van der Waals surface area contributed by atoms with Gasteiger partial charge in [-0.25, -0.2) is 0 Å². The third-order valence-corrected chi connectivity index (χ3v) is 3.90. The Hall–Kier alpha value is -1.82. The van der Waals surface area contributed by atoms with Gasteiger partial charge in [0.15, 0.2) is 0 Å². The number of hydrogen-bond donors (Lipinski definition) is 1. The first-order valence-electron chi connectivity index (χ1n) is 6.73. The molecular formula is C15H14F3NO2. The molecule has 2 aliphatic rings. The van der Waals surface area contributed by atoms with Gasteiger partial charge in [-0.2, -0.15) is 13.2 Å². The van der Waals surface area contributed by atoms with Crippen LogP contribution in [0.2, 0.25) is 0 Å². The Labute approximate surface area is 119 Å². The number of rotatable bonds is 1. The van der Waals surface area contributed by atoms with Crippen molar-refractivity contribution in [1.82, 2.24) is 0 Å². The molecule has 0 spiro atoms. The van der Waals surface area contributed by atoms with Crippen molar-refractivity contribution in [2.24, 2.45) is 11.1 Å². The highest BCUT2D eigenvalue weighted by molar-refractivity contribution is 6.06. The topological polar surface area (TPSA) is 41.8 Å². The molecule has 0 unspecified atom stereocenters. The second kappa shape index (κ2) is 4.87. The average Bonchev–Trinajstić information content (AvgIpc) is 2.80. The van der Waals surface area contributed by atoms with Crippen LogP contribution in [-0.4, -0.2) is 22.8 Å². The van der Waals surface area contributed by atoms with Crippen LogP contribution in [0, 0.1) is 5.92 Å². The maximum Gasteiger partial charge on any atom is 0.458 e. The molecule has 1 aliphatic heterocycles. The molecule has 1 N–H and O–H groups in total. The van der Waals surface area contributed by atoms with Gasteiger partial charge < -0.3 is 9.94 Å². The van der Waals surface area contributed by atoms with Crippen molar-refractivity contribution in [2.45, 2.75) is 31.2 Å². The number of benzene rings is 1. The molecule has 1 fully saturated rings. The van der Waals surface area contributed by atoms with Crippen molar-refractivity contribution < 1.29 is 23.1 Å². The van der Waals surface area contributed by atoms with Gasteiger partial charge in [0.25, 0.3) is 0 Å². The van der Waals surface area contributed by atoms with Gasteiger partial charge in [-0.3, -0.25) is 0 Å². The normalized spacial score (nSPS) is 30.8. The second-order valence-corrected chi connectivity index (χ2v) is 5.29. The zero-order chi connectivity index (χ0) is 15.1. The SMILES string of the molecule is O[C@@]1(C(F)(F)F)ON=C2/C(=C\c3ccccc3)CCC[C@H]21. The van der Waals surface area contributed by atoms with Crippen LogP contribution in [-0.2, 0) is 4.84 Å². The van der Waals surface area contributed by atoms with E-state index in [0.717, 1.165) is 5.56 Å². The molecule has 0 bridgehead atoms. The lowest BCUT2D eigenvalue weighted by Crippen LogP contribution is -2.52. The van der Waals surface area contributed by atoms with Crippen molar-refractivity contribution >= 4 is 11.8 Å². The first-order chi connectivity index (χ1) is 9.92. The van der Waals surface area contributed by atoms with Crippen LogP contribution in [0.15, 0.2) is 41.1 Å². The van der Waals surface area contributed by atoms with E-state index in [9.17, 15) is 18.3 Å². The lowest BCUT2D eigenvalue weighted by Gasteiger charge is -2.32. The maximum absolute atomic E-state index is 13.0. The van der Waals surface area contributed by atoms with Crippen molar-refractivity contribution in [3.8, 4) is 0 Å². The molecule has 0 radical (unpaired) electrons. The smallest absolute Gasteiger partial charge is 0.349 e. The van der Waals surface area contributed by atoms with E-state index in [4.69, 9.17) is 0 Å². The molecular weight excluding hydrogens is 283 g/mol. The van der Waals surface area contributed by atoms with Crippen molar-refractivity contribution in [3.05, 3.63) is 41.5 Å². The molecule has 2 atom stereocenters. The molecule has 3 nitrogen and oxygen atoms in total. The van der Waals surface area contributed by atoms with Crippen LogP contribution in [0.25, 0.3) is 6.08 Å². The highest BCUT2D eigenvalue weighted by atomic mass is 19.4. The third-order valence-electron chi connectivity index (χ3n) is 3.90. The molecule has 21 heavy (non-hydrogen) atoms. The summed E-state index contributed by atoms with van der Waals surface area (Å²) in [6.07, 6.45) is -1.67. The molecule has 1 aliphatic carbocycles. The summed E-state index contributed by atoms with van der Waals surface area (Å²) in [5.74, 6) is -4.35. The van der Waals surface area contributed by atoms with E-state index in [0.29, 0.717) is 18.4 Å². The van der Waals surface area contributed by atoms with Gasteiger partial charge in [0.2, 0.25) is 0 Å². The predicted octanol–water partition coefficient (Wildman–Crippen LogP) is 3.51. The van der Waals surface area contributed by atoms with E-state index in [1.807, 2.05) is 30.3 Å². The summed E-state index contributed by atoms with van der Waals surface area (Å²) >= 11 is 0. The fourth-order valence-corrected chi connectivity index (χ4v) is 2.82. The zero-order valence-electron chi connectivity index (χ0n) is 11.1. The predicted molar refractivity (Wildman–Crippen MR) is 71.3 cm³/mol. The van der Waals surface area contributed by atoms with Crippen molar-refractivity contribution in [1.29, 1.82) is 0 Å². The fraction of sp³-hybridized carbons (Fsp3) is 0.400. The summed E-state index contributed by atoms with van der Waals surface area (Å²) < 4.78 is 39.0. The van der Waals surface area contributed by atoms with Crippen LogP contribution in [0.1, 0.15) is 24.8 Å². The van der Waals surface area contributed by atoms with E-state index in [1.165, 1.54) is 0 Å². The quantitative estimate of drug-likeness (QED) is 0.862. The Kier molecular flexibility index (Phi) is 3.28. The Morgan fingerprint density at radius 1 is 1.29 bits per heavy atom. The second-order valence-electron chi connectivity index (χ2n) is 5.29. The molecule has 3 rings (SSSR count). The van der Waals surface area contributed by atoms with E-state index < -0.39 is 17.9 Å². The Morgan fingerprint density at radius 2 is 2.00 bits per heavy atom. The van der Waals surface area contributed by atoms with E-state index >= 15 is 0 Å². The largest absolute Gasteiger partial charge is 0.458 e. The first kappa shape index (κ1) is 14.1. The van der Waals surface area contributed by atoms with Crippen LogP contribution in [0.5, 0.6) is 0 Å². The molecule has 6 heteroatoms. The number of oxime groups is 1. The van der Waals surface area contributed by atoms with Crippen molar-refractivity contribution in [2.75, 3.05) is 0 Å². The standard InChI is InChI=1S/C15H14F3NO2/c16-15(17,18)14(20)12-8-4-7-11(13(12)19-21-14)9-10-5-2-1-3-6-10/h1-3,5-6,9,12,20H,4,7-8H2/b11-9-/t12-,14-/m1/s1. The van der Waals surface area contributed by atoms with Gasteiger partial charge in [0, 0.05) is 0 Å². The van der Waals surface area contributed by atoms with Gasteiger partial charge in [0.05, 0.1) is 11.6 Å². The van der Waals surface area contributed by atoms with Gasteiger partial charge in [-0.1, -0.05) is 35.5 Å². The monoisotopic (exact) mass is 297 g/mol. The van der Waals surface area contributed by atoms with Gasteiger partial charge in [0.1, 0.15) is 0 Å². The molecule has 0 saturated heterocycles. The molecule has 0 amide bonds. The summed E-state index contributed by atoms with van der Waals surface area (Å²) in [6, 6.07) is 9.30. The van der Waals surface area contributed by atoms with Crippen LogP contribution in [0.4, 0.5) is 13.2 Å². The van der Waals surface area contributed by atoms with Crippen LogP contribution < -0.4 is 0 Å². The number of aliphatic hydroxyl groups is 1. The molecule has 0 aromatic heterocycles. The molecule has 1 aromatic carbocycles. The zero-order valence-corrected chi connectivity index (χ0v) is 11.1. The molecule has 1 saturated carbocycles. The summed E-state index contributed by atoms with van der Waals surface area (Å²) in [6.45, 7) is 0. The van der Waals surface area contributed by atoms with Gasteiger partial charge >= 0.3 is 12.0 Å². The van der Waals surface area contributed by atoms with Crippen LogP contribution in [0.3, 0.4) is 0 Å². The summed E-state index contributed by atoms with van der Waals surface area (Å²) in [4.78, 5) is 4.40. The number of halogens is 3. The minimum Gasteiger partial charge on any atom is -0.349 e. The highest BCUT2D eigenvalue weighted by Crippen LogP contribution is 2.47. The van der Waals surface area contributed by atoms with Gasteiger partial charge in [-0.15, -0.1) is 0 Å². The third kappa shape index (κ3) is 2.33. The number of fused-ring (bicyclic) bond motifs is 1. The lowest BCUT2D eigenvalue weighted by atomic mass is 9.78. The fourth-order valence-electron chi connectivity index (χ4n) is 2.82. The van der Waals surface area contributed by atoms with E-state index in [-0.39, 0.29) is 12.1 Å². The highest BCUT2D eigenvalue weighted by Gasteiger charge is 2.66. The number of alkyl halides is 3. The molecule has 1 aromatic rings. The van der Waals surface area contributed by atoms with E-state index in [1.54, 1.807) is 6.08 Å². The number of nitrogens with zero attached hydrogens (tertiary/aromatic N) is 1. The summed E-state index contributed by atoms with van der Waals surface area (Å²) in [5, 5.41) is 13.4. The first-order valence-corrected chi connectivity index (χ1v) is 6.73. The Morgan fingerprint density at radius 3 is 2.67 bits per heavy atom. The summed E-state index contributed by atoms with van der Waals surface area (Å²) in [5.41, 5.74) is 1.79. The summed E-state index contributed by atoms with van der Waals surface area (Å²) in [7, 11) is 0. The maximum atomic E-state index is 13.0. The number of hydrogen-bond acceptors (Lipinski definition) is 3. The Balaban J connectivity index is 1.93. The minimum atomic E-state index is -4.86. The minimum absolute atomic E-state index is 0.209.